The van der Waals surface area contributed by atoms with Crippen LogP contribution < -0.4 is 4.74 Å². The molecule has 2 aromatic carbocycles. The van der Waals surface area contributed by atoms with Crippen LogP contribution in [0.1, 0.15) is 15.9 Å². The Morgan fingerprint density at radius 3 is 2.59 bits per heavy atom. The van der Waals surface area contributed by atoms with Crippen molar-refractivity contribution in [1.82, 2.24) is 4.31 Å². The largest absolute Gasteiger partial charge is 0.490 e. The second kappa shape index (κ2) is 9.34. The molecule has 0 radical (unpaired) electrons. The molecule has 29 heavy (non-hydrogen) atoms. The molecule has 7 nitrogen and oxygen atoms in total. The summed E-state index contributed by atoms with van der Waals surface area (Å²) in [4.78, 5) is 11.7. The number of carbonyl (C=O) groups excluding carboxylic acids is 1. The molecule has 0 bridgehead atoms. The van der Waals surface area contributed by atoms with E-state index in [4.69, 9.17) is 14.2 Å². The Balaban J connectivity index is 1.64. The number of sulfonamides is 1. The van der Waals surface area contributed by atoms with Gasteiger partial charge in [-0.15, -0.1) is 0 Å². The third-order valence-corrected chi connectivity index (χ3v) is 6.34. The first kappa shape index (κ1) is 21.2. The van der Waals surface area contributed by atoms with Crippen LogP contribution >= 0.6 is 0 Å². The van der Waals surface area contributed by atoms with E-state index in [0.29, 0.717) is 5.75 Å². The summed E-state index contributed by atoms with van der Waals surface area (Å²) in [5.74, 6) is -0.989. The van der Waals surface area contributed by atoms with E-state index >= 15 is 0 Å². The zero-order valence-corrected chi connectivity index (χ0v) is 16.8. The molecule has 0 atom stereocenters. The first-order chi connectivity index (χ1) is 13.9. The van der Waals surface area contributed by atoms with Gasteiger partial charge in [0, 0.05) is 13.1 Å². The number of nitrogens with zero attached hydrogens (tertiary/aromatic N) is 1. The molecule has 0 saturated carbocycles. The van der Waals surface area contributed by atoms with Crippen molar-refractivity contribution in [3.8, 4) is 5.75 Å². The fourth-order valence-corrected chi connectivity index (χ4v) is 4.34. The summed E-state index contributed by atoms with van der Waals surface area (Å²) in [6.07, 6.45) is 0. The SMILES string of the molecule is Cc1ccccc1OCCOC(=O)c1ccc(F)c(S(=O)(=O)N2CCOCC2)c1. The van der Waals surface area contributed by atoms with Crippen molar-refractivity contribution in [2.24, 2.45) is 0 Å². The van der Waals surface area contributed by atoms with Crippen LogP contribution in [-0.4, -0.2) is 58.2 Å². The van der Waals surface area contributed by atoms with Crippen LogP contribution in [0.3, 0.4) is 0 Å². The fraction of sp³-hybridized carbons (Fsp3) is 0.350. The molecule has 0 aliphatic carbocycles. The molecule has 0 spiro atoms. The first-order valence-corrected chi connectivity index (χ1v) is 10.6. The van der Waals surface area contributed by atoms with Gasteiger partial charge in [0.05, 0.1) is 18.8 Å². The Kier molecular flexibility index (Phi) is 6.83. The van der Waals surface area contributed by atoms with Crippen molar-refractivity contribution < 1.29 is 31.8 Å². The smallest absolute Gasteiger partial charge is 0.338 e. The molecule has 1 saturated heterocycles. The lowest BCUT2D eigenvalue weighted by atomic mass is 10.2. The van der Waals surface area contributed by atoms with Gasteiger partial charge in [-0.1, -0.05) is 18.2 Å². The van der Waals surface area contributed by atoms with Crippen molar-refractivity contribution >= 4 is 16.0 Å². The van der Waals surface area contributed by atoms with E-state index < -0.39 is 26.7 Å². The molecule has 0 aromatic heterocycles. The zero-order valence-electron chi connectivity index (χ0n) is 16.0. The van der Waals surface area contributed by atoms with Crippen molar-refractivity contribution in [3.63, 3.8) is 0 Å². The monoisotopic (exact) mass is 423 g/mol. The van der Waals surface area contributed by atoms with Gasteiger partial charge in [0.2, 0.25) is 10.0 Å². The Bertz CT molecular complexity index is 973. The summed E-state index contributed by atoms with van der Waals surface area (Å²) in [6.45, 7) is 2.75. The van der Waals surface area contributed by atoms with Crippen LogP contribution in [0.4, 0.5) is 4.39 Å². The number of ether oxygens (including phenoxy) is 3. The van der Waals surface area contributed by atoms with E-state index in [1.807, 2.05) is 25.1 Å². The molecular weight excluding hydrogens is 401 g/mol. The zero-order chi connectivity index (χ0) is 20.9. The maximum absolute atomic E-state index is 14.2. The molecular formula is C20H22FNO6S. The molecule has 1 heterocycles. The molecule has 1 aliphatic heterocycles. The average molecular weight is 423 g/mol. The normalized spacial score (nSPS) is 15.1. The highest BCUT2D eigenvalue weighted by molar-refractivity contribution is 7.89. The fourth-order valence-electron chi connectivity index (χ4n) is 2.84. The van der Waals surface area contributed by atoms with Gasteiger partial charge in [-0.2, -0.15) is 4.31 Å². The number of aryl methyl sites for hydroxylation is 1. The van der Waals surface area contributed by atoms with Gasteiger partial charge < -0.3 is 14.2 Å². The maximum atomic E-state index is 14.2. The molecule has 9 heteroatoms. The lowest BCUT2D eigenvalue weighted by Crippen LogP contribution is -2.41. The van der Waals surface area contributed by atoms with Gasteiger partial charge in [-0.25, -0.2) is 17.6 Å². The van der Waals surface area contributed by atoms with Gasteiger partial charge in [0.15, 0.2) is 0 Å². The van der Waals surface area contributed by atoms with Gasteiger partial charge in [0.1, 0.15) is 29.7 Å². The van der Waals surface area contributed by atoms with Gasteiger partial charge in [0.25, 0.3) is 0 Å². The number of morpholine rings is 1. The van der Waals surface area contributed by atoms with Crippen LogP contribution in [0.5, 0.6) is 5.75 Å². The number of carbonyl (C=O) groups is 1. The summed E-state index contributed by atoms with van der Waals surface area (Å²) in [6, 6.07) is 10.6. The minimum atomic E-state index is -4.07. The summed E-state index contributed by atoms with van der Waals surface area (Å²) in [7, 11) is -4.07. The lowest BCUT2D eigenvalue weighted by molar-refractivity contribution is 0.0449. The lowest BCUT2D eigenvalue weighted by Gasteiger charge is -2.26. The summed E-state index contributed by atoms with van der Waals surface area (Å²) in [5, 5.41) is 0. The molecule has 0 unspecified atom stereocenters. The molecule has 2 aromatic rings. The van der Waals surface area contributed by atoms with Crippen molar-refractivity contribution in [2.45, 2.75) is 11.8 Å². The van der Waals surface area contributed by atoms with Crippen LogP contribution in [0.15, 0.2) is 47.4 Å². The quantitative estimate of drug-likeness (QED) is 0.502. The van der Waals surface area contributed by atoms with Gasteiger partial charge in [-0.3, -0.25) is 0 Å². The van der Waals surface area contributed by atoms with Crippen LogP contribution in [0.25, 0.3) is 0 Å². The Labute approximate surface area is 169 Å². The standard InChI is InChI=1S/C20H22FNO6S/c1-15-4-2-3-5-18(15)27-12-13-28-20(23)16-6-7-17(21)19(14-16)29(24,25)22-8-10-26-11-9-22/h2-7,14H,8-13H2,1H3. The Hall–Kier alpha value is -2.49. The molecule has 156 valence electrons. The summed E-state index contributed by atoms with van der Waals surface area (Å²) in [5.41, 5.74) is 0.907. The predicted octanol–water partition coefficient (Wildman–Crippen LogP) is 2.39. The van der Waals surface area contributed by atoms with Crippen molar-refractivity contribution in [2.75, 3.05) is 39.5 Å². The second-order valence-corrected chi connectivity index (χ2v) is 8.32. The number of hydrogen-bond donors (Lipinski definition) is 0. The Morgan fingerprint density at radius 2 is 1.86 bits per heavy atom. The molecule has 0 N–H and O–H groups in total. The van der Waals surface area contributed by atoms with Crippen LogP contribution in [0.2, 0.25) is 0 Å². The summed E-state index contributed by atoms with van der Waals surface area (Å²) >= 11 is 0. The average Bonchev–Trinajstić information content (AvgIpc) is 2.73. The molecule has 1 fully saturated rings. The number of hydrogen-bond acceptors (Lipinski definition) is 6. The maximum Gasteiger partial charge on any atom is 0.338 e. The number of benzene rings is 2. The third kappa shape index (κ3) is 5.11. The second-order valence-electron chi connectivity index (χ2n) is 6.41. The number of para-hydroxylation sites is 1. The highest BCUT2D eigenvalue weighted by atomic mass is 32.2. The van der Waals surface area contributed by atoms with Gasteiger partial charge in [-0.05, 0) is 36.8 Å². The van der Waals surface area contributed by atoms with Crippen molar-refractivity contribution in [3.05, 3.63) is 59.4 Å². The number of esters is 1. The predicted molar refractivity (Wildman–Crippen MR) is 103 cm³/mol. The highest BCUT2D eigenvalue weighted by Gasteiger charge is 2.30. The minimum absolute atomic E-state index is 0.0317. The number of rotatable bonds is 7. The van der Waals surface area contributed by atoms with E-state index in [9.17, 15) is 17.6 Å². The first-order valence-electron chi connectivity index (χ1n) is 9.12. The molecule has 0 amide bonds. The van der Waals surface area contributed by atoms with E-state index in [2.05, 4.69) is 0 Å². The number of halogens is 1. The highest BCUT2D eigenvalue weighted by Crippen LogP contribution is 2.22. The molecule has 3 rings (SSSR count). The van der Waals surface area contributed by atoms with E-state index in [1.165, 1.54) is 6.07 Å². The van der Waals surface area contributed by atoms with E-state index in [0.717, 1.165) is 22.0 Å². The van der Waals surface area contributed by atoms with Crippen LogP contribution in [-0.2, 0) is 19.5 Å². The minimum Gasteiger partial charge on any atom is -0.490 e. The van der Waals surface area contributed by atoms with Crippen LogP contribution in [0, 0.1) is 12.7 Å². The third-order valence-electron chi connectivity index (χ3n) is 4.42. The van der Waals surface area contributed by atoms with Crippen molar-refractivity contribution in [1.29, 1.82) is 0 Å². The topological polar surface area (TPSA) is 82.1 Å². The van der Waals surface area contributed by atoms with E-state index in [1.54, 1.807) is 6.07 Å². The Morgan fingerprint density at radius 1 is 1.14 bits per heavy atom. The van der Waals surface area contributed by atoms with E-state index in [-0.39, 0.29) is 45.1 Å². The van der Waals surface area contributed by atoms with Gasteiger partial charge >= 0.3 is 5.97 Å². The molecule has 1 aliphatic rings. The summed E-state index contributed by atoms with van der Waals surface area (Å²) < 4.78 is 56.5.